The molecular weight excluding hydrogens is 396 g/mol. The molecule has 1 saturated heterocycles. The summed E-state index contributed by atoms with van der Waals surface area (Å²) in [5.74, 6) is -2.06. The van der Waals surface area contributed by atoms with Crippen molar-refractivity contribution in [1.82, 2.24) is 19.0 Å². The molecule has 9 nitrogen and oxygen atoms in total. The van der Waals surface area contributed by atoms with Crippen LogP contribution in [-0.2, 0) is 19.8 Å². The first-order valence-corrected chi connectivity index (χ1v) is 11.9. The van der Waals surface area contributed by atoms with Gasteiger partial charge in [-0.3, -0.25) is 14.8 Å². The van der Waals surface area contributed by atoms with E-state index in [2.05, 4.69) is 0 Å². The number of nitrogens with one attached hydrogen (secondary N) is 1. The van der Waals surface area contributed by atoms with E-state index in [1.165, 1.54) is 21.1 Å². The van der Waals surface area contributed by atoms with Crippen LogP contribution in [0.15, 0.2) is 0 Å². The highest BCUT2D eigenvalue weighted by Crippen LogP contribution is 2.34. The minimum Gasteiger partial charge on any atom is -0.342 e. The molecule has 168 valence electrons. The van der Waals surface area contributed by atoms with Gasteiger partial charge in [-0.1, -0.05) is 25.7 Å². The average Bonchev–Trinajstić information content (AvgIpc) is 3.23. The molecule has 0 spiro atoms. The average molecular weight is 433 g/mol. The fraction of sp³-hybridized carbons (Fsp3) is 0.895. The number of piperidine rings is 1. The van der Waals surface area contributed by atoms with Gasteiger partial charge in [-0.05, 0) is 31.6 Å². The molecule has 2 rings (SSSR count). The number of hydrogen-bond acceptors (Lipinski definition) is 5. The Hall–Kier alpha value is -1.23. The van der Waals surface area contributed by atoms with Crippen molar-refractivity contribution >= 4 is 22.0 Å². The second-order valence-corrected chi connectivity index (χ2v) is 10.8. The molecule has 2 aliphatic rings. The zero-order valence-electron chi connectivity index (χ0n) is 17.8. The van der Waals surface area contributed by atoms with Crippen LogP contribution in [0.25, 0.3) is 0 Å². The first-order valence-electron chi connectivity index (χ1n) is 10.5. The molecule has 0 radical (unpaired) electrons. The van der Waals surface area contributed by atoms with Gasteiger partial charge in [0, 0.05) is 40.8 Å². The van der Waals surface area contributed by atoms with Crippen LogP contribution in [0.1, 0.15) is 51.4 Å². The molecule has 1 aliphatic heterocycles. The van der Waals surface area contributed by atoms with Gasteiger partial charge >= 0.3 is 0 Å². The maximum atomic E-state index is 13.4. The quantitative estimate of drug-likeness (QED) is 0.418. The largest absolute Gasteiger partial charge is 0.342 e. The molecular formula is C19H36N4O5S. The summed E-state index contributed by atoms with van der Waals surface area (Å²) in [6.45, 7) is 1.17. The third-order valence-electron chi connectivity index (χ3n) is 6.29. The van der Waals surface area contributed by atoms with Crippen molar-refractivity contribution in [2.24, 2.45) is 17.8 Å². The summed E-state index contributed by atoms with van der Waals surface area (Å²) in [4.78, 5) is 27.8. The van der Waals surface area contributed by atoms with E-state index in [-0.39, 0.29) is 12.5 Å². The molecule has 0 bridgehead atoms. The van der Waals surface area contributed by atoms with Crippen LogP contribution in [0, 0.1) is 17.8 Å². The van der Waals surface area contributed by atoms with Crippen LogP contribution in [0.2, 0.25) is 0 Å². The Balaban J connectivity index is 2.29. The maximum absolute atomic E-state index is 13.4. The fourth-order valence-electron chi connectivity index (χ4n) is 4.52. The molecule has 1 heterocycles. The van der Waals surface area contributed by atoms with E-state index in [4.69, 9.17) is 0 Å². The number of rotatable bonds is 9. The van der Waals surface area contributed by atoms with Crippen molar-refractivity contribution in [2.45, 2.75) is 51.4 Å². The number of hydrogen-bond donors (Lipinski definition) is 2. The summed E-state index contributed by atoms with van der Waals surface area (Å²) < 4.78 is 27.1. The van der Waals surface area contributed by atoms with Crippen molar-refractivity contribution in [3.63, 3.8) is 0 Å². The highest BCUT2D eigenvalue weighted by atomic mass is 32.2. The van der Waals surface area contributed by atoms with Crippen LogP contribution >= 0.6 is 0 Å². The van der Waals surface area contributed by atoms with Crippen molar-refractivity contribution in [2.75, 3.05) is 40.8 Å². The second kappa shape index (κ2) is 10.7. The zero-order chi connectivity index (χ0) is 21.6. The van der Waals surface area contributed by atoms with Crippen LogP contribution < -0.4 is 5.48 Å². The highest BCUT2D eigenvalue weighted by molar-refractivity contribution is 7.86. The fourth-order valence-corrected chi connectivity index (χ4v) is 5.42. The standard InChI is InChI=1S/C19H36N4O5S/c1-21(2)29(27,28)22(3)14-17(18(24)20-26)16(13-15-9-5-6-10-15)19(25)23-11-7-4-8-12-23/h15-17,26H,4-14H2,1-3H3,(H,20,24)/t16-,17-/m1/s1. The van der Waals surface area contributed by atoms with Gasteiger partial charge in [-0.15, -0.1) is 0 Å². The summed E-state index contributed by atoms with van der Waals surface area (Å²) in [5.41, 5.74) is 1.67. The number of amides is 2. The molecule has 2 N–H and O–H groups in total. The molecule has 2 amide bonds. The third-order valence-corrected chi connectivity index (χ3v) is 8.15. The monoisotopic (exact) mass is 432 g/mol. The Kier molecular flexibility index (Phi) is 8.87. The van der Waals surface area contributed by atoms with Gasteiger partial charge < -0.3 is 4.90 Å². The Morgan fingerprint density at radius 1 is 1.03 bits per heavy atom. The normalized spacial score (nSPS) is 20.8. The second-order valence-electron chi connectivity index (χ2n) is 8.53. The molecule has 2 atom stereocenters. The summed E-state index contributed by atoms with van der Waals surface area (Å²) in [6, 6.07) is 0. The van der Waals surface area contributed by atoms with Crippen LogP contribution in [0.4, 0.5) is 0 Å². The molecule has 1 saturated carbocycles. The third kappa shape index (κ3) is 6.13. The van der Waals surface area contributed by atoms with E-state index in [9.17, 15) is 23.2 Å². The summed E-state index contributed by atoms with van der Waals surface area (Å²) in [6.07, 6.45) is 7.76. The van der Waals surface area contributed by atoms with Gasteiger partial charge in [0.15, 0.2) is 0 Å². The highest BCUT2D eigenvalue weighted by Gasteiger charge is 2.40. The maximum Gasteiger partial charge on any atom is 0.281 e. The van der Waals surface area contributed by atoms with E-state index in [1.54, 1.807) is 10.4 Å². The molecule has 0 aromatic rings. The predicted molar refractivity (Wildman–Crippen MR) is 109 cm³/mol. The van der Waals surface area contributed by atoms with Crippen LogP contribution in [-0.4, -0.2) is 79.7 Å². The number of carbonyl (C=O) groups excluding carboxylic acids is 2. The summed E-state index contributed by atoms with van der Waals surface area (Å²) in [5, 5.41) is 9.33. The summed E-state index contributed by atoms with van der Waals surface area (Å²) >= 11 is 0. The lowest BCUT2D eigenvalue weighted by Crippen LogP contribution is -2.50. The van der Waals surface area contributed by atoms with Crippen molar-refractivity contribution < 1.29 is 23.2 Å². The Morgan fingerprint density at radius 3 is 2.14 bits per heavy atom. The van der Waals surface area contributed by atoms with Crippen molar-refractivity contribution in [1.29, 1.82) is 0 Å². The number of carbonyl (C=O) groups is 2. The van der Waals surface area contributed by atoms with E-state index in [0.29, 0.717) is 25.4 Å². The molecule has 1 aliphatic carbocycles. The predicted octanol–water partition coefficient (Wildman–Crippen LogP) is 1.06. The van der Waals surface area contributed by atoms with E-state index in [0.717, 1.165) is 53.6 Å². The minimum absolute atomic E-state index is 0.0964. The lowest BCUT2D eigenvalue weighted by Gasteiger charge is -2.35. The number of nitrogens with zero attached hydrogens (tertiary/aromatic N) is 3. The minimum atomic E-state index is -3.74. The lowest BCUT2D eigenvalue weighted by molar-refractivity contribution is -0.146. The van der Waals surface area contributed by atoms with Gasteiger partial charge in [0.05, 0.1) is 11.8 Å². The SMILES string of the molecule is CN(C)S(=O)(=O)N(C)C[C@@H](C(=O)NO)[C@@H](CC1CCCC1)C(=O)N1CCCCC1. The smallest absolute Gasteiger partial charge is 0.281 e. The van der Waals surface area contributed by atoms with E-state index >= 15 is 0 Å². The van der Waals surface area contributed by atoms with E-state index < -0.39 is 28.0 Å². The van der Waals surface area contributed by atoms with Gasteiger partial charge in [0.2, 0.25) is 11.8 Å². The molecule has 0 unspecified atom stereocenters. The van der Waals surface area contributed by atoms with Crippen LogP contribution in [0.3, 0.4) is 0 Å². The molecule has 10 heteroatoms. The topological polar surface area (TPSA) is 110 Å². The lowest BCUT2D eigenvalue weighted by atomic mass is 9.81. The van der Waals surface area contributed by atoms with Gasteiger partial charge in [0.1, 0.15) is 0 Å². The molecule has 0 aromatic carbocycles. The number of likely N-dealkylation sites (tertiary alicyclic amines) is 1. The van der Waals surface area contributed by atoms with Crippen molar-refractivity contribution in [3.05, 3.63) is 0 Å². The first-order chi connectivity index (χ1) is 13.7. The van der Waals surface area contributed by atoms with E-state index in [1.807, 2.05) is 0 Å². The van der Waals surface area contributed by atoms with Gasteiger partial charge in [-0.2, -0.15) is 17.0 Å². The van der Waals surface area contributed by atoms with Gasteiger partial charge in [-0.25, -0.2) is 5.48 Å². The Morgan fingerprint density at radius 2 is 1.62 bits per heavy atom. The Bertz CT molecular complexity index is 658. The summed E-state index contributed by atoms with van der Waals surface area (Å²) in [7, 11) is 0.486. The Labute approximate surface area is 174 Å². The van der Waals surface area contributed by atoms with Crippen LogP contribution in [0.5, 0.6) is 0 Å². The molecule has 2 fully saturated rings. The zero-order valence-corrected chi connectivity index (χ0v) is 18.7. The molecule has 29 heavy (non-hydrogen) atoms. The first kappa shape index (κ1) is 24.0. The number of hydroxylamine groups is 1. The van der Waals surface area contributed by atoms with Gasteiger partial charge in [0.25, 0.3) is 10.2 Å². The molecule has 0 aromatic heterocycles. The van der Waals surface area contributed by atoms with Crippen molar-refractivity contribution in [3.8, 4) is 0 Å².